The SMILES string of the molecule is CC(C)CC(C)OC(C)CNCC(F)(F)F. The van der Waals surface area contributed by atoms with Gasteiger partial charge in [0.25, 0.3) is 0 Å². The van der Waals surface area contributed by atoms with Gasteiger partial charge in [0.1, 0.15) is 0 Å². The Hall–Kier alpha value is -0.290. The van der Waals surface area contributed by atoms with Crippen molar-refractivity contribution < 1.29 is 17.9 Å². The van der Waals surface area contributed by atoms with E-state index in [1.165, 1.54) is 0 Å². The molecule has 2 nitrogen and oxygen atoms in total. The average Bonchev–Trinajstić information content (AvgIpc) is 1.98. The van der Waals surface area contributed by atoms with Gasteiger partial charge < -0.3 is 10.1 Å². The average molecular weight is 241 g/mol. The third-order valence-electron chi connectivity index (χ3n) is 2.03. The van der Waals surface area contributed by atoms with E-state index in [1.54, 1.807) is 6.92 Å². The normalized spacial score (nSPS) is 16.5. The fourth-order valence-corrected chi connectivity index (χ4v) is 1.58. The van der Waals surface area contributed by atoms with Gasteiger partial charge in [-0.2, -0.15) is 13.2 Å². The van der Waals surface area contributed by atoms with E-state index in [2.05, 4.69) is 19.2 Å². The molecule has 0 saturated carbocycles. The molecule has 0 rings (SSSR count). The maximum Gasteiger partial charge on any atom is 0.401 e. The van der Waals surface area contributed by atoms with Crippen molar-refractivity contribution in [3.63, 3.8) is 0 Å². The Morgan fingerprint density at radius 2 is 1.62 bits per heavy atom. The Morgan fingerprint density at radius 3 is 2.06 bits per heavy atom. The van der Waals surface area contributed by atoms with Crippen LogP contribution in [0.2, 0.25) is 0 Å². The van der Waals surface area contributed by atoms with Crippen molar-refractivity contribution in [2.75, 3.05) is 13.1 Å². The Balaban J connectivity index is 3.62. The summed E-state index contributed by atoms with van der Waals surface area (Å²) in [6.45, 7) is 7.17. The molecule has 0 radical (unpaired) electrons. The molecule has 0 amide bonds. The van der Waals surface area contributed by atoms with Gasteiger partial charge >= 0.3 is 6.18 Å². The van der Waals surface area contributed by atoms with E-state index in [4.69, 9.17) is 4.74 Å². The lowest BCUT2D eigenvalue weighted by Crippen LogP contribution is -2.35. The standard InChI is InChI=1S/C11H22F3NO/c1-8(2)5-9(3)16-10(4)6-15-7-11(12,13)14/h8-10,15H,5-7H2,1-4H3. The fraction of sp³-hybridized carbons (Fsp3) is 1.00. The molecular weight excluding hydrogens is 219 g/mol. The highest BCUT2D eigenvalue weighted by molar-refractivity contribution is 4.63. The molecule has 0 bridgehead atoms. The summed E-state index contributed by atoms with van der Waals surface area (Å²) < 4.78 is 41.1. The minimum absolute atomic E-state index is 0.0858. The summed E-state index contributed by atoms with van der Waals surface area (Å²) in [5.74, 6) is 0.533. The molecule has 2 unspecified atom stereocenters. The molecule has 0 aromatic carbocycles. The summed E-state index contributed by atoms with van der Waals surface area (Å²) in [6, 6.07) is 0. The highest BCUT2D eigenvalue weighted by Gasteiger charge is 2.26. The second-order valence-corrected chi connectivity index (χ2v) is 4.63. The van der Waals surface area contributed by atoms with Gasteiger partial charge in [0.05, 0.1) is 18.8 Å². The van der Waals surface area contributed by atoms with Gasteiger partial charge in [-0.3, -0.25) is 0 Å². The second kappa shape index (κ2) is 7.12. The summed E-state index contributed by atoms with van der Waals surface area (Å²) >= 11 is 0. The number of ether oxygens (including phenoxy) is 1. The molecule has 2 atom stereocenters. The molecule has 0 fully saturated rings. The van der Waals surface area contributed by atoms with Crippen molar-refractivity contribution in [1.29, 1.82) is 0 Å². The van der Waals surface area contributed by atoms with Crippen LogP contribution in [0.3, 0.4) is 0 Å². The Morgan fingerprint density at radius 1 is 1.06 bits per heavy atom. The van der Waals surface area contributed by atoms with Crippen molar-refractivity contribution in [1.82, 2.24) is 5.32 Å². The van der Waals surface area contributed by atoms with Crippen LogP contribution in [-0.4, -0.2) is 31.5 Å². The zero-order valence-corrected chi connectivity index (χ0v) is 10.4. The molecule has 0 aliphatic heterocycles. The van der Waals surface area contributed by atoms with E-state index in [-0.39, 0.29) is 18.8 Å². The minimum atomic E-state index is -4.15. The molecule has 0 aromatic rings. The highest BCUT2D eigenvalue weighted by atomic mass is 19.4. The number of rotatable bonds is 7. The Bertz CT molecular complexity index is 183. The van der Waals surface area contributed by atoms with Gasteiger partial charge in [-0.15, -0.1) is 0 Å². The molecule has 0 aliphatic rings. The molecule has 16 heavy (non-hydrogen) atoms. The van der Waals surface area contributed by atoms with Crippen molar-refractivity contribution in [3.8, 4) is 0 Å². The minimum Gasteiger partial charge on any atom is -0.374 e. The number of nitrogens with one attached hydrogen (secondary N) is 1. The lowest BCUT2D eigenvalue weighted by atomic mass is 10.1. The molecule has 5 heteroatoms. The van der Waals surface area contributed by atoms with Crippen molar-refractivity contribution in [2.45, 2.75) is 52.5 Å². The monoisotopic (exact) mass is 241 g/mol. The highest BCUT2D eigenvalue weighted by Crippen LogP contribution is 2.13. The molecule has 0 spiro atoms. The number of halogens is 3. The van der Waals surface area contributed by atoms with E-state index >= 15 is 0 Å². The lowest BCUT2D eigenvalue weighted by molar-refractivity contribution is -0.126. The predicted molar refractivity (Wildman–Crippen MR) is 58.4 cm³/mol. The topological polar surface area (TPSA) is 21.3 Å². The van der Waals surface area contributed by atoms with E-state index in [0.29, 0.717) is 5.92 Å². The van der Waals surface area contributed by atoms with Crippen LogP contribution in [0.1, 0.15) is 34.1 Å². The van der Waals surface area contributed by atoms with E-state index < -0.39 is 12.7 Å². The van der Waals surface area contributed by atoms with Gasteiger partial charge in [0.2, 0.25) is 0 Å². The lowest BCUT2D eigenvalue weighted by Gasteiger charge is -2.21. The first-order valence-electron chi connectivity index (χ1n) is 5.63. The van der Waals surface area contributed by atoms with Gasteiger partial charge in [0, 0.05) is 6.54 Å². The first kappa shape index (κ1) is 15.7. The van der Waals surface area contributed by atoms with Crippen LogP contribution in [0.15, 0.2) is 0 Å². The van der Waals surface area contributed by atoms with Crippen LogP contribution in [-0.2, 0) is 4.74 Å². The zero-order chi connectivity index (χ0) is 12.8. The Kier molecular flexibility index (Phi) is 6.99. The van der Waals surface area contributed by atoms with E-state index in [0.717, 1.165) is 6.42 Å². The molecule has 0 aromatic heterocycles. The predicted octanol–water partition coefficient (Wildman–Crippen LogP) is 2.98. The summed E-state index contributed by atoms with van der Waals surface area (Å²) in [4.78, 5) is 0. The van der Waals surface area contributed by atoms with Crippen LogP contribution >= 0.6 is 0 Å². The summed E-state index contributed by atoms with van der Waals surface area (Å²) in [5, 5.41) is 2.33. The zero-order valence-electron chi connectivity index (χ0n) is 10.4. The first-order chi connectivity index (χ1) is 7.20. The second-order valence-electron chi connectivity index (χ2n) is 4.63. The summed E-state index contributed by atoms with van der Waals surface area (Å²) in [7, 11) is 0. The number of hydrogen-bond acceptors (Lipinski definition) is 2. The van der Waals surface area contributed by atoms with Crippen LogP contribution in [0, 0.1) is 5.92 Å². The maximum atomic E-state index is 11.8. The quantitative estimate of drug-likeness (QED) is 0.740. The summed E-state index contributed by atoms with van der Waals surface area (Å²) in [5.41, 5.74) is 0. The van der Waals surface area contributed by atoms with Crippen LogP contribution in [0.5, 0.6) is 0 Å². The van der Waals surface area contributed by atoms with Crippen LogP contribution in [0.4, 0.5) is 13.2 Å². The van der Waals surface area contributed by atoms with Crippen molar-refractivity contribution in [3.05, 3.63) is 0 Å². The van der Waals surface area contributed by atoms with Gasteiger partial charge in [-0.25, -0.2) is 0 Å². The Labute approximate surface area is 95.5 Å². The number of hydrogen-bond donors (Lipinski definition) is 1. The van der Waals surface area contributed by atoms with E-state index in [1.807, 2.05) is 6.92 Å². The smallest absolute Gasteiger partial charge is 0.374 e. The first-order valence-corrected chi connectivity index (χ1v) is 5.63. The van der Waals surface area contributed by atoms with Crippen molar-refractivity contribution in [2.24, 2.45) is 5.92 Å². The summed E-state index contributed by atoms with van der Waals surface area (Å²) in [6.07, 6.45) is -3.34. The third-order valence-corrected chi connectivity index (χ3v) is 2.03. The van der Waals surface area contributed by atoms with Crippen LogP contribution in [0.25, 0.3) is 0 Å². The molecule has 0 heterocycles. The molecule has 0 aliphatic carbocycles. The van der Waals surface area contributed by atoms with Gasteiger partial charge in [-0.05, 0) is 26.2 Å². The molecular formula is C11H22F3NO. The molecule has 1 N–H and O–H groups in total. The van der Waals surface area contributed by atoms with Gasteiger partial charge in [0.15, 0.2) is 0 Å². The van der Waals surface area contributed by atoms with Crippen molar-refractivity contribution >= 4 is 0 Å². The van der Waals surface area contributed by atoms with Gasteiger partial charge in [-0.1, -0.05) is 13.8 Å². The fourth-order valence-electron chi connectivity index (χ4n) is 1.58. The maximum absolute atomic E-state index is 11.8. The largest absolute Gasteiger partial charge is 0.401 e. The number of alkyl halides is 3. The third kappa shape index (κ3) is 10.2. The molecule has 0 saturated heterocycles. The molecule has 98 valence electrons. The van der Waals surface area contributed by atoms with E-state index in [9.17, 15) is 13.2 Å². The van der Waals surface area contributed by atoms with Crippen LogP contribution < -0.4 is 5.32 Å².